The van der Waals surface area contributed by atoms with Crippen LogP contribution in [-0.4, -0.2) is 5.78 Å². The average Bonchev–Trinajstić information content (AvgIpc) is 2.78. The van der Waals surface area contributed by atoms with Gasteiger partial charge in [-0.05, 0) is 29.2 Å². The summed E-state index contributed by atoms with van der Waals surface area (Å²) in [6, 6.07) is 12.1. The van der Waals surface area contributed by atoms with Crippen LogP contribution in [0.25, 0.3) is 0 Å². The zero-order valence-corrected chi connectivity index (χ0v) is 11.1. The highest BCUT2D eigenvalue weighted by Gasteiger charge is 2.07. The van der Waals surface area contributed by atoms with E-state index in [0.717, 1.165) is 12.2 Å². The largest absolute Gasteiger partial charge is 0.458 e. The fraction of sp³-hybridized carbons (Fsp3) is 0.312. The average molecular weight is 242 g/mol. The topological polar surface area (TPSA) is 30.2 Å². The van der Waals surface area contributed by atoms with Gasteiger partial charge in [-0.3, -0.25) is 4.79 Å². The van der Waals surface area contributed by atoms with Crippen molar-refractivity contribution in [3.05, 3.63) is 59.0 Å². The van der Waals surface area contributed by atoms with E-state index < -0.39 is 0 Å². The lowest BCUT2D eigenvalue weighted by atomic mass is 10.0. The van der Waals surface area contributed by atoms with Crippen LogP contribution in [0.2, 0.25) is 0 Å². The molecule has 1 aromatic heterocycles. The van der Waals surface area contributed by atoms with Gasteiger partial charge in [-0.2, -0.15) is 0 Å². The molecule has 0 aliphatic rings. The lowest BCUT2D eigenvalue weighted by molar-refractivity contribution is 0.0985. The van der Waals surface area contributed by atoms with E-state index >= 15 is 0 Å². The SMILES string of the molecule is CC(=O)c1ccc(Cc2ccc(C(C)C)cc2)o1. The van der Waals surface area contributed by atoms with Gasteiger partial charge < -0.3 is 4.42 Å². The van der Waals surface area contributed by atoms with E-state index in [0.29, 0.717) is 11.7 Å². The highest BCUT2D eigenvalue weighted by atomic mass is 16.3. The zero-order valence-electron chi connectivity index (χ0n) is 11.1. The Hall–Kier alpha value is -1.83. The minimum Gasteiger partial charge on any atom is -0.458 e. The van der Waals surface area contributed by atoms with Crippen molar-refractivity contribution in [3.8, 4) is 0 Å². The van der Waals surface area contributed by atoms with Crippen LogP contribution in [0, 0.1) is 0 Å². The van der Waals surface area contributed by atoms with Gasteiger partial charge in [-0.15, -0.1) is 0 Å². The fourth-order valence-electron chi connectivity index (χ4n) is 1.88. The highest BCUT2D eigenvalue weighted by Crippen LogP contribution is 2.18. The summed E-state index contributed by atoms with van der Waals surface area (Å²) in [7, 11) is 0. The molecule has 0 saturated carbocycles. The lowest BCUT2D eigenvalue weighted by Gasteiger charge is -2.05. The molecule has 0 saturated heterocycles. The maximum Gasteiger partial charge on any atom is 0.194 e. The van der Waals surface area contributed by atoms with Gasteiger partial charge in [0, 0.05) is 13.3 Å². The van der Waals surface area contributed by atoms with Crippen LogP contribution in [0.4, 0.5) is 0 Å². The molecule has 1 heterocycles. The molecule has 0 unspecified atom stereocenters. The molecular weight excluding hydrogens is 224 g/mol. The van der Waals surface area contributed by atoms with Gasteiger partial charge in [0.05, 0.1) is 0 Å². The first kappa shape index (κ1) is 12.6. The molecule has 0 N–H and O–H groups in total. The van der Waals surface area contributed by atoms with Crippen molar-refractivity contribution >= 4 is 5.78 Å². The van der Waals surface area contributed by atoms with Gasteiger partial charge in [-0.25, -0.2) is 0 Å². The maximum absolute atomic E-state index is 11.1. The Kier molecular flexibility index (Phi) is 3.66. The molecule has 0 fully saturated rings. The molecule has 0 aliphatic heterocycles. The predicted octanol–water partition coefficient (Wildman–Crippen LogP) is 4.20. The van der Waals surface area contributed by atoms with Gasteiger partial charge in [0.1, 0.15) is 5.76 Å². The Morgan fingerprint density at radius 2 is 1.78 bits per heavy atom. The molecule has 0 amide bonds. The van der Waals surface area contributed by atoms with Crippen LogP contribution < -0.4 is 0 Å². The van der Waals surface area contributed by atoms with Crippen molar-refractivity contribution in [2.24, 2.45) is 0 Å². The molecule has 0 atom stereocenters. The number of benzene rings is 1. The Morgan fingerprint density at radius 1 is 1.11 bits per heavy atom. The van der Waals surface area contributed by atoms with Crippen molar-refractivity contribution in [2.75, 3.05) is 0 Å². The van der Waals surface area contributed by atoms with E-state index in [2.05, 4.69) is 38.1 Å². The summed E-state index contributed by atoms with van der Waals surface area (Å²) in [6.07, 6.45) is 0.728. The molecule has 0 radical (unpaired) electrons. The van der Waals surface area contributed by atoms with Crippen LogP contribution in [0.5, 0.6) is 0 Å². The Labute approximate surface area is 108 Å². The van der Waals surface area contributed by atoms with Crippen LogP contribution in [0.3, 0.4) is 0 Å². The van der Waals surface area contributed by atoms with E-state index in [1.54, 1.807) is 6.07 Å². The second-order valence-corrected chi connectivity index (χ2v) is 4.90. The van der Waals surface area contributed by atoms with Gasteiger partial charge >= 0.3 is 0 Å². The van der Waals surface area contributed by atoms with E-state index in [4.69, 9.17) is 4.42 Å². The molecule has 18 heavy (non-hydrogen) atoms. The van der Waals surface area contributed by atoms with E-state index in [9.17, 15) is 4.79 Å². The molecule has 0 spiro atoms. The maximum atomic E-state index is 11.1. The quantitative estimate of drug-likeness (QED) is 0.752. The molecule has 1 aromatic carbocycles. The fourth-order valence-corrected chi connectivity index (χ4v) is 1.88. The van der Waals surface area contributed by atoms with Crippen molar-refractivity contribution < 1.29 is 9.21 Å². The summed E-state index contributed by atoms with van der Waals surface area (Å²) in [5.74, 6) is 1.78. The standard InChI is InChI=1S/C16H18O2/c1-11(2)14-6-4-13(5-7-14)10-15-8-9-16(18-15)12(3)17/h4-9,11H,10H2,1-3H3. The normalized spacial score (nSPS) is 10.9. The number of hydrogen-bond donors (Lipinski definition) is 0. The van der Waals surface area contributed by atoms with Gasteiger partial charge in [0.2, 0.25) is 0 Å². The molecule has 2 rings (SSSR count). The molecule has 94 valence electrons. The zero-order chi connectivity index (χ0) is 13.1. The summed E-state index contributed by atoms with van der Waals surface area (Å²) in [5, 5.41) is 0. The molecular formula is C16H18O2. The third-order valence-corrected chi connectivity index (χ3v) is 3.03. The van der Waals surface area contributed by atoms with E-state index in [-0.39, 0.29) is 5.78 Å². The van der Waals surface area contributed by atoms with Crippen LogP contribution >= 0.6 is 0 Å². The second-order valence-electron chi connectivity index (χ2n) is 4.90. The first-order chi connectivity index (χ1) is 8.56. The Bertz CT molecular complexity index is 532. The summed E-state index contributed by atoms with van der Waals surface area (Å²) >= 11 is 0. The third kappa shape index (κ3) is 2.89. The van der Waals surface area contributed by atoms with Gasteiger partial charge in [0.15, 0.2) is 11.5 Å². The Morgan fingerprint density at radius 3 is 2.28 bits per heavy atom. The number of ketones is 1. The number of Topliss-reactive ketones (excluding diaryl/α,β-unsaturated/α-hetero) is 1. The number of carbonyl (C=O) groups excluding carboxylic acids is 1. The van der Waals surface area contributed by atoms with Crippen molar-refractivity contribution in [1.82, 2.24) is 0 Å². The number of carbonyl (C=O) groups is 1. The second kappa shape index (κ2) is 5.21. The monoisotopic (exact) mass is 242 g/mol. The molecule has 2 nitrogen and oxygen atoms in total. The van der Waals surface area contributed by atoms with E-state index in [1.165, 1.54) is 18.1 Å². The first-order valence-corrected chi connectivity index (χ1v) is 6.24. The number of furan rings is 1. The molecule has 0 bridgehead atoms. The molecule has 0 aliphatic carbocycles. The smallest absolute Gasteiger partial charge is 0.194 e. The summed E-state index contributed by atoms with van der Waals surface area (Å²) < 4.78 is 5.48. The predicted molar refractivity (Wildman–Crippen MR) is 72.0 cm³/mol. The number of hydrogen-bond acceptors (Lipinski definition) is 2. The summed E-state index contributed by atoms with van der Waals surface area (Å²) in [6.45, 7) is 5.88. The van der Waals surface area contributed by atoms with Gasteiger partial charge in [-0.1, -0.05) is 38.1 Å². The van der Waals surface area contributed by atoms with Crippen LogP contribution in [-0.2, 0) is 6.42 Å². The van der Waals surface area contributed by atoms with Crippen molar-refractivity contribution in [2.45, 2.75) is 33.1 Å². The van der Waals surface area contributed by atoms with Crippen molar-refractivity contribution in [1.29, 1.82) is 0 Å². The van der Waals surface area contributed by atoms with Crippen LogP contribution in [0.15, 0.2) is 40.8 Å². The van der Waals surface area contributed by atoms with Crippen molar-refractivity contribution in [3.63, 3.8) is 0 Å². The lowest BCUT2D eigenvalue weighted by Crippen LogP contribution is -1.90. The number of rotatable bonds is 4. The summed E-state index contributed by atoms with van der Waals surface area (Å²) in [5.41, 5.74) is 2.53. The van der Waals surface area contributed by atoms with Crippen LogP contribution in [0.1, 0.15) is 54.1 Å². The van der Waals surface area contributed by atoms with Gasteiger partial charge in [0.25, 0.3) is 0 Å². The summed E-state index contributed by atoms with van der Waals surface area (Å²) in [4.78, 5) is 11.1. The first-order valence-electron chi connectivity index (χ1n) is 6.24. The molecule has 2 aromatic rings. The minimum atomic E-state index is -0.0311. The third-order valence-electron chi connectivity index (χ3n) is 3.03. The minimum absolute atomic E-state index is 0.0311. The Balaban J connectivity index is 2.10. The van der Waals surface area contributed by atoms with E-state index in [1.807, 2.05) is 6.07 Å². The highest BCUT2D eigenvalue weighted by molar-refractivity contribution is 5.91. The molecule has 2 heteroatoms.